The number of aliphatic carboxylic acids is 1. The van der Waals surface area contributed by atoms with E-state index >= 15 is 0 Å². The summed E-state index contributed by atoms with van der Waals surface area (Å²) in [5, 5.41) is 25.0. The molecule has 7 nitrogen and oxygen atoms in total. The molecule has 8 heteroatoms. The van der Waals surface area contributed by atoms with Crippen LogP contribution in [0.5, 0.6) is 0 Å². The molecule has 2 aliphatic rings. The number of carboxylic acids is 1. The van der Waals surface area contributed by atoms with E-state index in [1.165, 1.54) is 16.2 Å². The molecule has 2 aliphatic heterocycles. The van der Waals surface area contributed by atoms with Gasteiger partial charge in [0.1, 0.15) is 5.70 Å². The number of carbonyl (C=O) groups is 3. The van der Waals surface area contributed by atoms with Gasteiger partial charge in [-0.3, -0.25) is 9.59 Å². The van der Waals surface area contributed by atoms with Crippen molar-refractivity contribution in [3.05, 3.63) is 58.6 Å². The molecule has 0 unspecified atom stereocenters. The van der Waals surface area contributed by atoms with Gasteiger partial charge in [0.2, 0.25) is 11.8 Å². The average Bonchev–Trinajstić information content (AvgIpc) is 3.27. The molecule has 3 heterocycles. The van der Waals surface area contributed by atoms with Crippen molar-refractivity contribution in [2.24, 2.45) is 5.92 Å². The second-order valence-corrected chi connectivity index (χ2v) is 8.23. The number of rotatable bonds is 6. The Balaban J connectivity index is 1.58. The number of benzene rings is 1. The average molecular weight is 412 g/mol. The Morgan fingerprint density at radius 2 is 2.10 bits per heavy atom. The van der Waals surface area contributed by atoms with Crippen LogP contribution < -0.4 is 5.32 Å². The molecular weight excluding hydrogens is 392 g/mol. The van der Waals surface area contributed by atoms with Gasteiger partial charge in [-0.1, -0.05) is 24.3 Å². The molecule has 0 radical (unpaired) electrons. The highest BCUT2D eigenvalue weighted by Gasteiger charge is 2.56. The third-order valence-corrected chi connectivity index (χ3v) is 6.14. The maximum atomic E-state index is 12.4. The van der Waals surface area contributed by atoms with E-state index in [1.807, 2.05) is 23.6 Å². The fourth-order valence-corrected chi connectivity index (χ4v) is 4.75. The summed E-state index contributed by atoms with van der Waals surface area (Å²) in [6.45, 7) is 1.55. The van der Waals surface area contributed by atoms with Gasteiger partial charge < -0.3 is 20.4 Å². The van der Waals surface area contributed by atoms with E-state index in [-0.39, 0.29) is 30.0 Å². The molecule has 1 saturated heterocycles. The summed E-state index contributed by atoms with van der Waals surface area (Å²) in [4.78, 5) is 37.8. The third-order valence-electron chi connectivity index (χ3n) is 5.35. The van der Waals surface area contributed by atoms with E-state index in [0.717, 1.165) is 10.6 Å². The first-order valence-corrected chi connectivity index (χ1v) is 10.1. The van der Waals surface area contributed by atoms with Gasteiger partial charge in [0, 0.05) is 0 Å². The number of anilines is 1. The van der Waals surface area contributed by atoms with E-state index in [9.17, 15) is 24.6 Å². The quantitative estimate of drug-likeness (QED) is 0.632. The van der Waals surface area contributed by atoms with Crippen LogP contribution in [0.4, 0.5) is 5.00 Å². The van der Waals surface area contributed by atoms with E-state index in [4.69, 9.17) is 0 Å². The van der Waals surface area contributed by atoms with Crippen LogP contribution in [0.25, 0.3) is 5.57 Å². The highest BCUT2D eigenvalue weighted by Crippen LogP contribution is 2.46. The first kappa shape index (κ1) is 19.4. The summed E-state index contributed by atoms with van der Waals surface area (Å²) in [6.07, 6.45) is -0.303. The van der Waals surface area contributed by atoms with E-state index in [0.29, 0.717) is 17.6 Å². The van der Waals surface area contributed by atoms with Gasteiger partial charge in [0.15, 0.2) is 0 Å². The minimum Gasteiger partial charge on any atom is -0.477 e. The van der Waals surface area contributed by atoms with Crippen molar-refractivity contribution in [3.63, 3.8) is 0 Å². The SMILES string of the molecule is C[C@@H](O)[C@H]1C(=O)N2C(C(=O)O)=C(c3cccc(CC(=O)Nc4cccs4)c3)C[C@H]12. The van der Waals surface area contributed by atoms with Crippen LogP contribution in [-0.2, 0) is 20.8 Å². The number of β-lactam (4-membered cyclic amide) rings is 1. The Labute approximate surface area is 171 Å². The first-order chi connectivity index (χ1) is 13.9. The lowest BCUT2D eigenvalue weighted by molar-refractivity contribution is -0.161. The number of hydrogen-bond donors (Lipinski definition) is 3. The van der Waals surface area contributed by atoms with Crippen LogP contribution in [0.1, 0.15) is 24.5 Å². The van der Waals surface area contributed by atoms with Crippen molar-refractivity contribution < 1.29 is 24.6 Å². The van der Waals surface area contributed by atoms with Gasteiger partial charge in [-0.25, -0.2) is 4.79 Å². The maximum absolute atomic E-state index is 12.4. The lowest BCUT2D eigenvalue weighted by atomic mass is 9.82. The normalized spacial score (nSPS) is 21.6. The molecule has 3 atom stereocenters. The lowest BCUT2D eigenvalue weighted by Crippen LogP contribution is -2.61. The van der Waals surface area contributed by atoms with Crippen LogP contribution in [-0.4, -0.2) is 45.0 Å². The summed E-state index contributed by atoms with van der Waals surface area (Å²) in [7, 11) is 0. The molecule has 1 aromatic heterocycles. The van der Waals surface area contributed by atoms with Crippen LogP contribution in [0.3, 0.4) is 0 Å². The number of thiophene rings is 1. The Kier molecular flexibility index (Phi) is 4.97. The number of aliphatic hydroxyl groups excluding tert-OH is 1. The topological polar surface area (TPSA) is 107 Å². The minimum absolute atomic E-state index is 0.0305. The van der Waals surface area contributed by atoms with Gasteiger partial charge in [0.05, 0.1) is 29.5 Å². The maximum Gasteiger partial charge on any atom is 0.352 e. The van der Waals surface area contributed by atoms with Crippen LogP contribution >= 0.6 is 11.3 Å². The van der Waals surface area contributed by atoms with Crippen LogP contribution in [0, 0.1) is 5.92 Å². The molecular formula is C21H20N2O5S. The second-order valence-electron chi connectivity index (χ2n) is 7.28. The zero-order chi connectivity index (χ0) is 20.7. The standard InChI is InChI=1S/C21H20N2O5S/c1-11(24)18-15-10-14(19(21(27)28)23(15)20(18)26)13-5-2-4-12(8-13)9-16(25)22-17-6-3-7-29-17/h2-8,11,15,18,24H,9-10H2,1H3,(H,22,25)(H,27,28)/t11-,15-,18-/m1/s1. The molecule has 0 saturated carbocycles. The lowest BCUT2D eigenvalue weighted by Gasteiger charge is -2.44. The molecule has 1 aromatic carbocycles. The Hall–Kier alpha value is -2.97. The predicted molar refractivity (Wildman–Crippen MR) is 108 cm³/mol. The van der Waals surface area contributed by atoms with Crippen LogP contribution in [0.2, 0.25) is 0 Å². The Morgan fingerprint density at radius 3 is 2.76 bits per heavy atom. The Bertz CT molecular complexity index is 1010. The van der Waals surface area contributed by atoms with Crippen molar-refractivity contribution in [1.82, 2.24) is 4.90 Å². The van der Waals surface area contributed by atoms with Gasteiger partial charge >= 0.3 is 5.97 Å². The molecule has 150 valence electrons. The molecule has 2 amide bonds. The number of aliphatic hydroxyl groups is 1. The first-order valence-electron chi connectivity index (χ1n) is 9.27. The summed E-state index contributed by atoms with van der Waals surface area (Å²) in [5.74, 6) is -2.26. The van der Waals surface area contributed by atoms with Crippen molar-refractivity contribution in [2.45, 2.75) is 31.9 Å². The fraction of sp³-hybridized carbons (Fsp3) is 0.286. The zero-order valence-corrected chi connectivity index (χ0v) is 16.5. The van der Waals surface area contributed by atoms with Crippen LogP contribution in [0.15, 0.2) is 47.5 Å². The molecule has 0 spiro atoms. The molecule has 0 aliphatic carbocycles. The number of nitrogens with zero attached hydrogens (tertiary/aromatic N) is 1. The number of fused-ring (bicyclic) bond motifs is 1. The van der Waals surface area contributed by atoms with E-state index in [2.05, 4.69) is 5.32 Å². The number of nitrogens with one attached hydrogen (secondary N) is 1. The molecule has 0 bridgehead atoms. The molecule has 1 fully saturated rings. The zero-order valence-electron chi connectivity index (χ0n) is 15.7. The summed E-state index contributed by atoms with van der Waals surface area (Å²) in [6, 6.07) is 10.5. The minimum atomic E-state index is -1.17. The van der Waals surface area contributed by atoms with Crippen molar-refractivity contribution >= 4 is 39.7 Å². The molecule has 29 heavy (non-hydrogen) atoms. The van der Waals surface area contributed by atoms with E-state index in [1.54, 1.807) is 25.1 Å². The highest BCUT2D eigenvalue weighted by molar-refractivity contribution is 7.14. The smallest absolute Gasteiger partial charge is 0.352 e. The predicted octanol–water partition coefficient (Wildman–Crippen LogP) is 2.34. The Morgan fingerprint density at radius 1 is 1.31 bits per heavy atom. The summed E-state index contributed by atoms with van der Waals surface area (Å²) >= 11 is 1.44. The summed E-state index contributed by atoms with van der Waals surface area (Å²) < 4.78 is 0. The monoisotopic (exact) mass is 412 g/mol. The molecule has 3 N–H and O–H groups in total. The second kappa shape index (κ2) is 7.46. The highest BCUT2D eigenvalue weighted by atomic mass is 32.1. The van der Waals surface area contributed by atoms with Crippen molar-refractivity contribution in [3.8, 4) is 0 Å². The third kappa shape index (κ3) is 3.45. The van der Waals surface area contributed by atoms with Gasteiger partial charge in [-0.15, -0.1) is 11.3 Å². The fourth-order valence-electron chi connectivity index (χ4n) is 4.11. The molecule has 4 rings (SSSR count). The van der Waals surface area contributed by atoms with Crippen molar-refractivity contribution in [1.29, 1.82) is 0 Å². The number of hydrogen-bond acceptors (Lipinski definition) is 5. The number of carboxylic acid groups (broad SMARTS) is 1. The van der Waals surface area contributed by atoms with Gasteiger partial charge in [-0.05, 0) is 47.6 Å². The van der Waals surface area contributed by atoms with E-state index < -0.39 is 18.0 Å². The largest absolute Gasteiger partial charge is 0.477 e. The number of carbonyl (C=O) groups excluding carboxylic acids is 2. The van der Waals surface area contributed by atoms with Crippen molar-refractivity contribution in [2.75, 3.05) is 5.32 Å². The molecule has 2 aromatic rings. The number of amides is 2. The van der Waals surface area contributed by atoms with Gasteiger partial charge in [-0.2, -0.15) is 0 Å². The van der Waals surface area contributed by atoms with Gasteiger partial charge in [0.25, 0.3) is 0 Å². The summed E-state index contributed by atoms with van der Waals surface area (Å²) in [5.41, 5.74) is 1.95.